The van der Waals surface area contributed by atoms with Crippen LogP contribution in [-0.2, 0) is 0 Å². The molecule has 4 rings (SSSR count). The molecule has 6 heteroatoms. The Bertz CT molecular complexity index is 593. The van der Waals surface area contributed by atoms with E-state index in [1.165, 1.54) is 12.8 Å². The molecule has 2 bridgehead atoms. The van der Waals surface area contributed by atoms with Crippen molar-refractivity contribution in [1.29, 1.82) is 0 Å². The molecule has 0 saturated carbocycles. The van der Waals surface area contributed by atoms with Gasteiger partial charge in [0.1, 0.15) is 0 Å². The van der Waals surface area contributed by atoms with E-state index in [2.05, 4.69) is 25.4 Å². The minimum atomic E-state index is 0.352. The van der Waals surface area contributed by atoms with E-state index in [9.17, 15) is 0 Å². The average molecular weight is 257 g/mol. The molecule has 4 heterocycles. The standard InChI is InChI=1S/C13H15N5O/c1-7-5-14-11(15-6-7)12-17-13(19-18-12)9-4-8-2-3-10(9)16-8/h5-6,8-10,16H,2-4H2,1H3. The minimum absolute atomic E-state index is 0.352. The van der Waals surface area contributed by atoms with Crippen LogP contribution in [0.3, 0.4) is 0 Å². The van der Waals surface area contributed by atoms with Gasteiger partial charge in [-0.1, -0.05) is 5.16 Å². The normalized spacial score (nSPS) is 29.0. The summed E-state index contributed by atoms with van der Waals surface area (Å²) in [6, 6.07) is 1.12. The predicted molar refractivity (Wildman–Crippen MR) is 67.4 cm³/mol. The Morgan fingerprint density at radius 2 is 2.05 bits per heavy atom. The van der Waals surface area contributed by atoms with Gasteiger partial charge in [0.15, 0.2) is 0 Å². The molecule has 1 N–H and O–H groups in total. The molecule has 98 valence electrons. The summed E-state index contributed by atoms with van der Waals surface area (Å²) in [5.41, 5.74) is 1.02. The molecule has 19 heavy (non-hydrogen) atoms. The first-order valence-corrected chi connectivity index (χ1v) is 6.68. The molecule has 6 nitrogen and oxygen atoms in total. The van der Waals surface area contributed by atoms with E-state index in [0.29, 0.717) is 29.7 Å². The van der Waals surface area contributed by atoms with E-state index >= 15 is 0 Å². The first-order valence-electron chi connectivity index (χ1n) is 6.68. The zero-order valence-corrected chi connectivity index (χ0v) is 10.7. The van der Waals surface area contributed by atoms with Gasteiger partial charge in [-0.25, -0.2) is 9.97 Å². The van der Waals surface area contributed by atoms with E-state index < -0.39 is 0 Å². The fourth-order valence-electron chi connectivity index (χ4n) is 3.08. The van der Waals surface area contributed by atoms with Gasteiger partial charge in [0.25, 0.3) is 0 Å². The van der Waals surface area contributed by atoms with E-state index in [1.54, 1.807) is 12.4 Å². The first-order chi connectivity index (χ1) is 9.29. The van der Waals surface area contributed by atoms with Gasteiger partial charge in [0.2, 0.25) is 17.5 Å². The molecule has 2 aromatic heterocycles. The molecule has 2 aliphatic heterocycles. The van der Waals surface area contributed by atoms with Crippen LogP contribution < -0.4 is 5.32 Å². The van der Waals surface area contributed by atoms with Crippen LogP contribution in [0.1, 0.15) is 36.6 Å². The minimum Gasteiger partial charge on any atom is -0.338 e. The SMILES string of the molecule is Cc1cnc(-c2noc(C3CC4CCC3N4)n2)nc1. The van der Waals surface area contributed by atoms with Crippen molar-refractivity contribution in [2.24, 2.45) is 0 Å². The number of hydrogen-bond donors (Lipinski definition) is 1. The number of fused-ring (bicyclic) bond motifs is 2. The lowest BCUT2D eigenvalue weighted by atomic mass is 9.89. The number of hydrogen-bond acceptors (Lipinski definition) is 6. The van der Waals surface area contributed by atoms with Gasteiger partial charge >= 0.3 is 0 Å². The molecule has 0 amide bonds. The van der Waals surface area contributed by atoms with Crippen LogP contribution in [0.15, 0.2) is 16.9 Å². The third-order valence-corrected chi connectivity index (χ3v) is 4.04. The van der Waals surface area contributed by atoms with E-state index in [-0.39, 0.29) is 0 Å². The third kappa shape index (κ3) is 1.83. The maximum absolute atomic E-state index is 5.40. The van der Waals surface area contributed by atoms with Gasteiger partial charge in [-0.15, -0.1) is 0 Å². The monoisotopic (exact) mass is 257 g/mol. The topological polar surface area (TPSA) is 76.7 Å². The molecule has 2 aliphatic rings. The average Bonchev–Trinajstić information content (AvgIpc) is 3.15. The van der Waals surface area contributed by atoms with Crippen LogP contribution >= 0.6 is 0 Å². The Hall–Kier alpha value is -1.82. The second-order valence-electron chi connectivity index (χ2n) is 5.43. The molecular weight excluding hydrogens is 242 g/mol. The summed E-state index contributed by atoms with van der Waals surface area (Å²) < 4.78 is 5.40. The van der Waals surface area contributed by atoms with E-state index in [1.807, 2.05) is 6.92 Å². The van der Waals surface area contributed by atoms with Gasteiger partial charge in [-0.3, -0.25) is 0 Å². The maximum Gasteiger partial charge on any atom is 0.240 e. The summed E-state index contributed by atoms with van der Waals surface area (Å²) in [5.74, 6) is 2.08. The van der Waals surface area contributed by atoms with Crippen molar-refractivity contribution in [1.82, 2.24) is 25.4 Å². The van der Waals surface area contributed by atoms with Crippen molar-refractivity contribution in [3.05, 3.63) is 23.8 Å². The smallest absolute Gasteiger partial charge is 0.240 e. The highest BCUT2D eigenvalue weighted by molar-refractivity contribution is 5.41. The van der Waals surface area contributed by atoms with Gasteiger partial charge < -0.3 is 9.84 Å². The van der Waals surface area contributed by atoms with Crippen LogP contribution in [0.25, 0.3) is 11.6 Å². The highest BCUT2D eigenvalue weighted by Gasteiger charge is 2.42. The Morgan fingerprint density at radius 1 is 1.21 bits per heavy atom. The van der Waals surface area contributed by atoms with Crippen LogP contribution in [0, 0.1) is 6.92 Å². The van der Waals surface area contributed by atoms with Crippen molar-refractivity contribution in [2.75, 3.05) is 0 Å². The summed E-state index contributed by atoms with van der Waals surface area (Å²) in [5, 5.41) is 7.58. The zero-order chi connectivity index (χ0) is 12.8. The number of rotatable bonds is 2. The number of aryl methyl sites for hydroxylation is 1. The van der Waals surface area contributed by atoms with Crippen molar-refractivity contribution in [3.63, 3.8) is 0 Å². The number of aromatic nitrogens is 4. The highest BCUT2D eigenvalue weighted by Crippen LogP contribution is 2.39. The van der Waals surface area contributed by atoms with Crippen molar-refractivity contribution in [3.8, 4) is 11.6 Å². The molecule has 2 saturated heterocycles. The Balaban J connectivity index is 1.61. The Labute approximate surface area is 110 Å². The predicted octanol–water partition coefficient (Wildman–Crippen LogP) is 1.44. The lowest BCUT2D eigenvalue weighted by molar-refractivity contribution is 0.329. The molecule has 0 aromatic carbocycles. The lowest BCUT2D eigenvalue weighted by Gasteiger charge is -2.15. The van der Waals surface area contributed by atoms with Crippen molar-refractivity contribution >= 4 is 0 Å². The fourth-order valence-corrected chi connectivity index (χ4v) is 3.08. The highest BCUT2D eigenvalue weighted by atomic mass is 16.5. The maximum atomic E-state index is 5.40. The quantitative estimate of drug-likeness (QED) is 0.877. The molecule has 2 aromatic rings. The van der Waals surface area contributed by atoms with Crippen molar-refractivity contribution in [2.45, 2.75) is 44.2 Å². The van der Waals surface area contributed by atoms with Gasteiger partial charge in [0, 0.05) is 24.5 Å². The molecule has 3 unspecified atom stereocenters. The molecule has 0 aliphatic carbocycles. The van der Waals surface area contributed by atoms with E-state index in [0.717, 1.165) is 17.9 Å². The molecule has 0 spiro atoms. The summed E-state index contributed by atoms with van der Waals surface area (Å²) in [4.78, 5) is 12.9. The number of nitrogens with one attached hydrogen (secondary N) is 1. The summed E-state index contributed by atoms with van der Waals surface area (Å²) >= 11 is 0. The fraction of sp³-hybridized carbons (Fsp3) is 0.538. The van der Waals surface area contributed by atoms with Crippen LogP contribution in [0.5, 0.6) is 0 Å². The van der Waals surface area contributed by atoms with E-state index in [4.69, 9.17) is 4.52 Å². The van der Waals surface area contributed by atoms with Gasteiger partial charge in [-0.05, 0) is 31.7 Å². The summed E-state index contributed by atoms with van der Waals surface area (Å²) in [6.07, 6.45) is 7.09. The zero-order valence-electron chi connectivity index (χ0n) is 10.7. The Morgan fingerprint density at radius 3 is 2.74 bits per heavy atom. The summed E-state index contributed by atoms with van der Waals surface area (Å²) in [7, 11) is 0. The third-order valence-electron chi connectivity index (χ3n) is 4.04. The molecule has 0 radical (unpaired) electrons. The van der Waals surface area contributed by atoms with Gasteiger partial charge in [0.05, 0.1) is 5.92 Å². The molecular formula is C13H15N5O. The molecule has 3 atom stereocenters. The van der Waals surface area contributed by atoms with Crippen LogP contribution in [0.2, 0.25) is 0 Å². The Kier molecular flexibility index (Phi) is 2.38. The van der Waals surface area contributed by atoms with Crippen LogP contribution in [-0.4, -0.2) is 32.2 Å². The van der Waals surface area contributed by atoms with Crippen molar-refractivity contribution < 1.29 is 4.52 Å². The largest absolute Gasteiger partial charge is 0.338 e. The lowest BCUT2D eigenvalue weighted by Crippen LogP contribution is -2.21. The number of nitrogens with zero attached hydrogens (tertiary/aromatic N) is 4. The second-order valence-corrected chi connectivity index (χ2v) is 5.43. The van der Waals surface area contributed by atoms with Crippen LogP contribution in [0.4, 0.5) is 0 Å². The first kappa shape index (κ1) is 11.0. The van der Waals surface area contributed by atoms with Gasteiger partial charge in [-0.2, -0.15) is 4.98 Å². The second kappa shape index (κ2) is 4.09. The molecule has 2 fully saturated rings. The summed E-state index contributed by atoms with van der Waals surface area (Å²) in [6.45, 7) is 1.95.